The van der Waals surface area contributed by atoms with Gasteiger partial charge in [-0.05, 0) is 31.6 Å². The summed E-state index contributed by atoms with van der Waals surface area (Å²) in [6.45, 7) is 7.39. The zero-order valence-electron chi connectivity index (χ0n) is 73.1. The van der Waals surface area contributed by atoms with Gasteiger partial charge >= 0.3 is 39.5 Å². The molecule has 0 aliphatic rings. The van der Waals surface area contributed by atoms with Gasteiger partial charge in [-0.3, -0.25) is 37.3 Å². The fourth-order valence-corrected chi connectivity index (χ4v) is 16.1. The number of rotatable bonds is 92. The van der Waals surface area contributed by atoms with Crippen LogP contribution in [0, 0.1) is 5.92 Å². The number of carbonyl (C=O) groups is 4. The number of ether oxygens (including phenoxy) is 4. The van der Waals surface area contributed by atoms with E-state index >= 15 is 0 Å². The summed E-state index contributed by atoms with van der Waals surface area (Å²) in [4.78, 5) is 73.4. The van der Waals surface area contributed by atoms with Crippen LogP contribution < -0.4 is 0 Å². The zero-order valence-corrected chi connectivity index (χ0v) is 74.9. The normalized spacial score (nSPS) is 13.7. The molecule has 0 aromatic carbocycles. The highest BCUT2D eigenvalue weighted by atomic mass is 31.2. The highest BCUT2D eigenvalue weighted by Gasteiger charge is 2.31. The Morgan fingerprint density at radius 1 is 0.243 bits per heavy atom. The Balaban J connectivity index is 5.23. The molecule has 0 heterocycles. The molecule has 0 aromatic rings. The van der Waals surface area contributed by atoms with E-state index in [1.807, 2.05) is 0 Å². The summed E-state index contributed by atoms with van der Waals surface area (Å²) in [6.07, 6.45) is 80.8. The predicted molar refractivity (Wildman–Crippen MR) is 460 cm³/mol. The SMILES string of the molecule is CCCCCCCCCCCCCCCCCCCCCCCCC(=O)OC[C@H](COP(=O)(O)OC[C@@H](O)COP(=O)(O)OC[C@@H](COC(=O)CCCCCCCCCCCCCCC)OC(=O)CCCCCCCCCCCCCC(C)C)OC(=O)CCCCCCCCCCCCCCCCCCCCCCCC. The molecule has 19 heteroatoms. The van der Waals surface area contributed by atoms with Crippen molar-refractivity contribution < 1.29 is 80.2 Å². The maximum atomic E-state index is 13.2. The van der Waals surface area contributed by atoms with Crippen LogP contribution in [0.5, 0.6) is 0 Å². The number of aliphatic hydroxyl groups is 1. The van der Waals surface area contributed by atoms with Gasteiger partial charge in [0.25, 0.3) is 0 Å². The third-order valence-electron chi connectivity index (χ3n) is 21.8. The summed E-state index contributed by atoms with van der Waals surface area (Å²) in [5, 5.41) is 10.7. The van der Waals surface area contributed by atoms with Crippen LogP contribution in [0.2, 0.25) is 0 Å². The number of phosphoric acid groups is 2. The molecule has 0 fully saturated rings. The van der Waals surface area contributed by atoms with Gasteiger partial charge in [-0.25, -0.2) is 9.13 Å². The van der Waals surface area contributed by atoms with Crippen molar-refractivity contribution in [2.45, 2.75) is 522 Å². The van der Waals surface area contributed by atoms with Crippen molar-refractivity contribution >= 4 is 39.5 Å². The minimum absolute atomic E-state index is 0.108. The van der Waals surface area contributed by atoms with Gasteiger partial charge in [-0.2, -0.15) is 0 Å². The first kappa shape index (κ1) is 109. The molecule has 0 rings (SSSR count). The van der Waals surface area contributed by atoms with Crippen molar-refractivity contribution in [1.82, 2.24) is 0 Å². The first-order valence-electron chi connectivity index (χ1n) is 47.6. The Morgan fingerprint density at radius 3 is 0.613 bits per heavy atom. The number of carbonyl (C=O) groups excluding carboxylic acids is 4. The van der Waals surface area contributed by atoms with Crippen LogP contribution in [-0.4, -0.2) is 96.7 Å². The largest absolute Gasteiger partial charge is 0.472 e. The fraction of sp³-hybridized carbons (Fsp3) is 0.957. The van der Waals surface area contributed by atoms with Gasteiger partial charge in [0, 0.05) is 25.7 Å². The second-order valence-electron chi connectivity index (χ2n) is 33.5. The van der Waals surface area contributed by atoms with E-state index in [1.165, 1.54) is 327 Å². The van der Waals surface area contributed by atoms with Gasteiger partial charge in [-0.15, -0.1) is 0 Å². The second kappa shape index (κ2) is 84.5. The molecule has 0 spiro atoms. The number of esters is 4. The van der Waals surface area contributed by atoms with Crippen LogP contribution in [0.15, 0.2) is 0 Å². The van der Waals surface area contributed by atoms with E-state index in [-0.39, 0.29) is 25.7 Å². The number of aliphatic hydroxyl groups excluding tert-OH is 1. The lowest BCUT2D eigenvalue weighted by atomic mass is 10.0. The van der Waals surface area contributed by atoms with Crippen LogP contribution >= 0.6 is 15.6 Å². The zero-order chi connectivity index (χ0) is 81.1. The van der Waals surface area contributed by atoms with Crippen molar-refractivity contribution in [3.05, 3.63) is 0 Å². The molecule has 0 aliphatic carbocycles. The Labute approximate surface area is 683 Å². The van der Waals surface area contributed by atoms with Crippen LogP contribution in [-0.2, 0) is 65.4 Å². The van der Waals surface area contributed by atoms with Crippen molar-refractivity contribution in [1.29, 1.82) is 0 Å². The van der Waals surface area contributed by atoms with Gasteiger partial charge < -0.3 is 33.8 Å². The van der Waals surface area contributed by atoms with Crippen LogP contribution in [0.25, 0.3) is 0 Å². The number of phosphoric ester groups is 2. The van der Waals surface area contributed by atoms with Gasteiger partial charge in [0.05, 0.1) is 26.4 Å². The van der Waals surface area contributed by atoms with Crippen molar-refractivity contribution in [3.8, 4) is 0 Å². The smallest absolute Gasteiger partial charge is 0.462 e. The second-order valence-corrected chi connectivity index (χ2v) is 36.4. The van der Waals surface area contributed by atoms with Crippen molar-refractivity contribution in [2.24, 2.45) is 5.92 Å². The third kappa shape index (κ3) is 85.8. The number of hydrogen-bond acceptors (Lipinski definition) is 15. The Morgan fingerprint density at radius 2 is 0.414 bits per heavy atom. The lowest BCUT2D eigenvalue weighted by Gasteiger charge is -2.21. The summed E-state index contributed by atoms with van der Waals surface area (Å²) in [6, 6.07) is 0. The molecule has 0 aromatic heterocycles. The van der Waals surface area contributed by atoms with Gasteiger partial charge in [-0.1, -0.05) is 452 Å². The van der Waals surface area contributed by atoms with Gasteiger partial charge in [0.2, 0.25) is 0 Å². The Kier molecular flexibility index (Phi) is 83.0. The average molecular weight is 1620 g/mol. The molecule has 660 valence electrons. The number of unbranched alkanes of at least 4 members (excludes halogenated alkanes) is 64. The third-order valence-corrected chi connectivity index (χ3v) is 23.7. The summed E-state index contributed by atoms with van der Waals surface area (Å²) >= 11 is 0. The lowest BCUT2D eigenvalue weighted by Crippen LogP contribution is -2.30. The van der Waals surface area contributed by atoms with E-state index in [0.29, 0.717) is 25.7 Å². The topological polar surface area (TPSA) is 237 Å². The van der Waals surface area contributed by atoms with Crippen LogP contribution in [0.4, 0.5) is 0 Å². The minimum atomic E-state index is -4.97. The van der Waals surface area contributed by atoms with E-state index in [1.54, 1.807) is 0 Å². The highest BCUT2D eigenvalue weighted by molar-refractivity contribution is 7.47. The molecule has 0 radical (unpaired) electrons. The number of hydrogen-bond donors (Lipinski definition) is 3. The summed E-state index contributed by atoms with van der Waals surface area (Å²) in [5.74, 6) is -1.33. The molecule has 5 atom stereocenters. The van der Waals surface area contributed by atoms with Gasteiger partial charge in [0.15, 0.2) is 12.2 Å². The molecule has 111 heavy (non-hydrogen) atoms. The molecule has 0 saturated heterocycles. The summed E-state index contributed by atoms with van der Waals surface area (Å²) in [5.41, 5.74) is 0. The minimum Gasteiger partial charge on any atom is -0.462 e. The molecule has 2 unspecified atom stereocenters. The molecule has 0 saturated carbocycles. The molecule has 3 N–H and O–H groups in total. The van der Waals surface area contributed by atoms with E-state index in [2.05, 4.69) is 34.6 Å². The quantitative estimate of drug-likeness (QED) is 0.0222. The van der Waals surface area contributed by atoms with E-state index in [9.17, 15) is 43.2 Å². The standard InChI is InChI=1S/C92H180O17P2/c1-6-9-12-15-18-21-24-27-29-31-33-35-37-39-41-43-46-51-56-61-66-71-76-90(95)103-81-87(108-91(96)77-72-67-62-57-52-47-44-42-40-38-36-34-32-30-28-25-22-19-16-13-10-7-2)83-106-110(98,99)104-79-86(93)80-105-111(100,101)107-84-88(82-102-89(94)75-70-65-60-55-50-45-26-23-20-17-14-11-8-3)109-92(97)78-73-68-63-58-53-48-49-54-59-64-69-74-85(4)5/h85-88,93H,6-84H2,1-5H3,(H,98,99)(H,100,101)/t86-,87-,88-/m1/s1. The first-order valence-corrected chi connectivity index (χ1v) is 50.6. The van der Waals surface area contributed by atoms with Crippen LogP contribution in [0.1, 0.15) is 503 Å². The maximum absolute atomic E-state index is 13.2. The fourth-order valence-electron chi connectivity index (χ4n) is 14.5. The Hall–Kier alpha value is -1.94. The molecule has 0 bridgehead atoms. The maximum Gasteiger partial charge on any atom is 0.472 e. The molecular formula is C92H180O17P2. The summed E-state index contributed by atoms with van der Waals surface area (Å²) < 4.78 is 69.1. The van der Waals surface area contributed by atoms with E-state index in [4.69, 9.17) is 37.0 Å². The first-order chi connectivity index (χ1) is 54.0. The van der Waals surface area contributed by atoms with E-state index in [0.717, 1.165) is 95.8 Å². The molecular weight excluding hydrogens is 1440 g/mol. The summed E-state index contributed by atoms with van der Waals surface area (Å²) in [7, 11) is -9.94. The predicted octanol–water partition coefficient (Wildman–Crippen LogP) is 28.7. The highest BCUT2D eigenvalue weighted by Crippen LogP contribution is 2.45. The monoisotopic (exact) mass is 1620 g/mol. The molecule has 0 aliphatic heterocycles. The lowest BCUT2D eigenvalue weighted by molar-refractivity contribution is -0.161. The van der Waals surface area contributed by atoms with Crippen molar-refractivity contribution in [2.75, 3.05) is 39.6 Å². The Bertz CT molecular complexity index is 2100. The van der Waals surface area contributed by atoms with Crippen molar-refractivity contribution in [3.63, 3.8) is 0 Å². The average Bonchev–Trinajstić information content (AvgIpc) is 0.898. The van der Waals surface area contributed by atoms with Gasteiger partial charge in [0.1, 0.15) is 19.3 Å². The molecule has 17 nitrogen and oxygen atoms in total. The molecule has 0 amide bonds. The van der Waals surface area contributed by atoms with E-state index < -0.39 is 97.5 Å². The van der Waals surface area contributed by atoms with Crippen LogP contribution in [0.3, 0.4) is 0 Å².